The molecule has 0 atom stereocenters. The van der Waals surface area contributed by atoms with E-state index in [1.54, 1.807) is 7.05 Å². The normalized spacial score (nSPS) is 26.4. The summed E-state index contributed by atoms with van der Waals surface area (Å²) in [6, 6.07) is 0. The second-order valence-electron chi connectivity index (χ2n) is 7.64. The van der Waals surface area contributed by atoms with Gasteiger partial charge in [-0.25, -0.2) is 8.42 Å². The zero-order chi connectivity index (χ0) is 16.9. The van der Waals surface area contributed by atoms with Crippen LogP contribution in [0.15, 0.2) is 4.99 Å². The van der Waals surface area contributed by atoms with Crippen LogP contribution in [0.5, 0.6) is 0 Å². The summed E-state index contributed by atoms with van der Waals surface area (Å²) in [5.41, 5.74) is 0. The highest BCUT2D eigenvalue weighted by atomic mass is 32.2. The molecule has 0 bridgehead atoms. The lowest BCUT2D eigenvalue weighted by molar-refractivity contribution is 0.338. The average Bonchev–Trinajstić information content (AvgIpc) is 2.45. The van der Waals surface area contributed by atoms with Crippen LogP contribution in [0, 0.1) is 5.92 Å². The third kappa shape index (κ3) is 4.85. The first-order chi connectivity index (χ1) is 10.9. The first kappa shape index (κ1) is 18.6. The number of nitrogens with zero attached hydrogens (tertiary/aromatic N) is 2. The minimum absolute atomic E-state index is 0.212. The van der Waals surface area contributed by atoms with Gasteiger partial charge in [0.25, 0.3) is 0 Å². The molecule has 1 N–H and O–H groups in total. The van der Waals surface area contributed by atoms with E-state index < -0.39 is 14.6 Å². The fraction of sp³-hybridized carbons (Fsp3) is 0.941. The predicted molar refractivity (Wildman–Crippen MR) is 96.6 cm³/mol. The molecule has 0 aromatic rings. The minimum atomic E-state index is -3.00. The molecule has 0 aromatic carbocycles. The third-order valence-electron chi connectivity index (χ3n) is 5.33. The van der Waals surface area contributed by atoms with Crippen molar-refractivity contribution >= 4 is 15.8 Å². The molecule has 1 saturated carbocycles. The van der Waals surface area contributed by atoms with E-state index in [2.05, 4.69) is 15.2 Å². The zero-order valence-electron chi connectivity index (χ0n) is 15.0. The van der Waals surface area contributed by atoms with Gasteiger partial charge in [0.1, 0.15) is 0 Å². The third-order valence-corrected chi connectivity index (χ3v) is 7.86. The number of rotatable bonds is 2. The summed E-state index contributed by atoms with van der Waals surface area (Å²) in [6.07, 6.45) is 9.37. The fourth-order valence-corrected chi connectivity index (χ4v) is 5.00. The van der Waals surface area contributed by atoms with Crippen LogP contribution in [-0.2, 0) is 9.84 Å². The van der Waals surface area contributed by atoms with Gasteiger partial charge in [0.05, 0.1) is 10.5 Å². The Morgan fingerprint density at radius 2 is 1.78 bits per heavy atom. The summed E-state index contributed by atoms with van der Waals surface area (Å²) in [6.45, 7) is 5.64. The van der Waals surface area contributed by atoms with Gasteiger partial charge in [-0.3, -0.25) is 4.99 Å². The van der Waals surface area contributed by atoms with E-state index in [-0.39, 0.29) is 5.75 Å². The van der Waals surface area contributed by atoms with Crippen molar-refractivity contribution < 1.29 is 8.42 Å². The molecule has 1 heterocycles. The van der Waals surface area contributed by atoms with Crippen molar-refractivity contribution in [1.82, 2.24) is 10.2 Å². The first-order valence-corrected chi connectivity index (χ1v) is 10.7. The Hall–Kier alpha value is -0.780. The van der Waals surface area contributed by atoms with Gasteiger partial charge in [0, 0.05) is 26.7 Å². The molecule has 2 aliphatic rings. The zero-order valence-corrected chi connectivity index (χ0v) is 15.8. The van der Waals surface area contributed by atoms with E-state index in [1.165, 1.54) is 44.9 Å². The van der Waals surface area contributed by atoms with E-state index in [4.69, 9.17) is 0 Å². The summed E-state index contributed by atoms with van der Waals surface area (Å²) >= 11 is 0. The van der Waals surface area contributed by atoms with Crippen LogP contribution < -0.4 is 5.32 Å². The summed E-state index contributed by atoms with van der Waals surface area (Å²) in [7, 11) is -1.22. The number of aliphatic imine (C=N–C) groups is 1. The molecule has 0 aromatic heterocycles. The van der Waals surface area contributed by atoms with E-state index in [0.717, 1.165) is 12.5 Å². The Morgan fingerprint density at radius 1 is 1.17 bits per heavy atom. The van der Waals surface area contributed by atoms with Crippen molar-refractivity contribution in [3.05, 3.63) is 0 Å². The largest absolute Gasteiger partial charge is 0.356 e. The lowest BCUT2D eigenvalue weighted by Crippen LogP contribution is -2.57. The van der Waals surface area contributed by atoms with Crippen LogP contribution >= 0.6 is 0 Å². The molecule has 134 valence electrons. The van der Waals surface area contributed by atoms with Crippen molar-refractivity contribution in [2.45, 2.75) is 63.5 Å². The van der Waals surface area contributed by atoms with Crippen LogP contribution in [0.1, 0.15) is 58.8 Å². The number of hydrogen-bond acceptors (Lipinski definition) is 3. The molecule has 1 aliphatic heterocycles. The van der Waals surface area contributed by atoms with E-state index in [1.807, 2.05) is 13.8 Å². The number of guanidine groups is 1. The molecule has 23 heavy (non-hydrogen) atoms. The lowest BCUT2D eigenvalue weighted by Gasteiger charge is -2.39. The Morgan fingerprint density at radius 3 is 2.35 bits per heavy atom. The van der Waals surface area contributed by atoms with E-state index >= 15 is 0 Å². The molecule has 0 unspecified atom stereocenters. The SMILES string of the molecule is CN=C(NCC1CCCCCCC1)N1CCS(=O)(=O)C(C)(C)C1. The molecule has 2 rings (SSSR count). The Bertz CT molecular complexity index is 506. The molecule has 2 fully saturated rings. The summed E-state index contributed by atoms with van der Waals surface area (Å²) in [5.74, 6) is 1.79. The number of nitrogens with one attached hydrogen (secondary N) is 1. The van der Waals surface area contributed by atoms with Crippen molar-refractivity contribution in [1.29, 1.82) is 0 Å². The van der Waals surface area contributed by atoms with Crippen molar-refractivity contribution in [3.8, 4) is 0 Å². The summed E-state index contributed by atoms with van der Waals surface area (Å²) in [5, 5.41) is 3.50. The predicted octanol–water partition coefficient (Wildman–Crippen LogP) is 2.43. The van der Waals surface area contributed by atoms with Crippen molar-refractivity contribution in [2.75, 3.05) is 32.4 Å². The van der Waals surface area contributed by atoms with Gasteiger partial charge < -0.3 is 10.2 Å². The van der Waals surface area contributed by atoms with Gasteiger partial charge in [-0.05, 0) is 32.6 Å². The monoisotopic (exact) mass is 343 g/mol. The molecule has 6 heteroatoms. The Balaban J connectivity index is 1.90. The van der Waals surface area contributed by atoms with Gasteiger partial charge in [-0.1, -0.05) is 32.1 Å². The maximum Gasteiger partial charge on any atom is 0.193 e. The molecule has 5 nitrogen and oxygen atoms in total. The summed E-state index contributed by atoms with van der Waals surface area (Å²) in [4.78, 5) is 6.49. The van der Waals surface area contributed by atoms with Crippen LogP contribution in [0.4, 0.5) is 0 Å². The molecular formula is C17H33N3O2S. The Labute approximate surface area is 141 Å². The highest BCUT2D eigenvalue weighted by molar-refractivity contribution is 7.92. The molecular weight excluding hydrogens is 310 g/mol. The Kier molecular flexibility index (Phi) is 6.34. The molecule has 0 radical (unpaired) electrons. The lowest BCUT2D eigenvalue weighted by atomic mass is 9.91. The number of hydrogen-bond donors (Lipinski definition) is 1. The molecule has 0 spiro atoms. The average molecular weight is 344 g/mol. The van der Waals surface area contributed by atoms with Crippen LogP contribution in [-0.4, -0.2) is 56.5 Å². The van der Waals surface area contributed by atoms with E-state index in [9.17, 15) is 8.42 Å². The van der Waals surface area contributed by atoms with Gasteiger partial charge in [0.15, 0.2) is 15.8 Å². The van der Waals surface area contributed by atoms with Crippen LogP contribution in [0.2, 0.25) is 0 Å². The van der Waals surface area contributed by atoms with Gasteiger partial charge in [-0.2, -0.15) is 0 Å². The molecule has 1 aliphatic carbocycles. The van der Waals surface area contributed by atoms with Crippen molar-refractivity contribution in [2.24, 2.45) is 10.9 Å². The highest BCUT2D eigenvalue weighted by Crippen LogP contribution is 2.24. The maximum atomic E-state index is 12.1. The highest BCUT2D eigenvalue weighted by Gasteiger charge is 2.40. The molecule has 0 amide bonds. The van der Waals surface area contributed by atoms with Crippen LogP contribution in [0.3, 0.4) is 0 Å². The van der Waals surface area contributed by atoms with Gasteiger partial charge in [-0.15, -0.1) is 0 Å². The maximum absolute atomic E-state index is 12.1. The summed E-state index contributed by atoms with van der Waals surface area (Å²) < 4.78 is 23.6. The minimum Gasteiger partial charge on any atom is -0.356 e. The topological polar surface area (TPSA) is 61.8 Å². The smallest absolute Gasteiger partial charge is 0.193 e. The van der Waals surface area contributed by atoms with Gasteiger partial charge in [0.2, 0.25) is 0 Å². The van der Waals surface area contributed by atoms with Crippen LogP contribution in [0.25, 0.3) is 0 Å². The van der Waals surface area contributed by atoms with E-state index in [0.29, 0.717) is 19.0 Å². The van der Waals surface area contributed by atoms with Crippen molar-refractivity contribution in [3.63, 3.8) is 0 Å². The quantitative estimate of drug-likeness (QED) is 0.618. The second kappa shape index (κ2) is 7.86. The second-order valence-corrected chi connectivity index (χ2v) is 10.4. The standard InChI is InChI=1S/C17H33N3O2S/c1-17(2)14-20(11-12-23(17,21)22)16(18-3)19-13-15-9-7-5-4-6-8-10-15/h15H,4-14H2,1-3H3,(H,18,19). The van der Waals surface area contributed by atoms with Gasteiger partial charge >= 0.3 is 0 Å². The molecule has 1 saturated heterocycles. The first-order valence-electron chi connectivity index (χ1n) is 9.03. The fourth-order valence-electron chi connectivity index (χ4n) is 3.64. The number of sulfone groups is 1.